The average Bonchev–Trinajstić information content (AvgIpc) is 3.03. The van der Waals surface area contributed by atoms with Crippen molar-refractivity contribution in [3.05, 3.63) is 12.2 Å². The summed E-state index contributed by atoms with van der Waals surface area (Å²) in [6.07, 6.45) is 11.7. The predicted molar refractivity (Wildman–Crippen MR) is 125 cm³/mol. The van der Waals surface area contributed by atoms with Gasteiger partial charge in [-0.15, -0.1) is 5.92 Å². The largest absolute Gasteiger partial charge is 0.390 e. The van der Waals surface area contributed by atoms with Gasteiger partial charge in [-0.2, -0.15) is 0 Å². The molecule has 0 aromatic rings. The quantitative estimate of drug-likeness (QED) is 0.240. The molecule has 5 N–H and O–H groups in total. The van der Waals surface area contributed by atoms with E-state index in [0.29, 0.717) is 24.7 Å². The number of fused-ring (bicyclic) bond motifs is 1. The monoisotopic (exact) mass is 427 g/mol. The summed E-state index contributed by atoms with van der Waals surface area (Å²) < 4.78 is 0. The van der Waals surface area contributed by atoms with Crippen LogP contribution in [-0.2, 0) is 0 Å². The van der Waals surface area contributed by atoms with E-state index in [1.807, 2.05) is 6.92 Å². The Labute approximate surface area is 188 Å². The molecular weight excluding hydrogens is 386 g/mol. The first-order valence-corrected chi connectivity index (χ1v) is 12.3. The Hall–Kier alpha value is -1.51. The lowest BCUT2D eigenvalue weighted by atomic mass is 9.62. The summed E-state index contributed by atoms with van der Waals surface area (Å²) in [5.41, 5.74) is 5.55. The Kier molecular flexibility index (Phi) is 6.18. The highest BCUT2D eigenvalue weighted by atomic mass is 16.3. The summed E-state index contributed by atoms with van der Waals surface area (Å²) in [5, 5.41) is 26.6. The summed E-state index contributed by atoms with van der Waals surface area (Å²) >= 11 is 0. The molecule has 31 heavy (non-hydrogen) atoms. The van der Waals surface area contributed by atoms with E-state index in [0.717, 1.165) is 32.1 Å². The van der Waals surface area contributed by atoms with Crippen LogP contribution in [0.4, 0.5) is 0 Å². The van der Waals surface area contributed by atoms with E-state index in [1.165, 1.54) is 37.7 Å². The van der Waals surface area contributed by atoms with Crippen LogP contribution in [0.15, 0.2) is 17.1 Å². The van der Waals surface area contributed by atoms with Crippen LogP contribution in [0.2, 0.25) is 0 Å². The minimum Gasteiger partial charge on any atom is -0.390 e. The minimum absolute atomic E-state index is 0.0381. The minimum atomic E-state index is -0.859. The second kappa shape index (κ2) is 8.45. The molecule has 4 rings (SSSR count). The van der Waals surface area contributed by atoms with Gasteiger partial charge in [0.25, 0.3) is 0 Å². The van der Waals surface area contributed by atoms with Crippen molar-refractivity contribution in [3.63, 3.8) is 0 Å². The molecule has 5 nitrogen and oxygen atoms in total. The molecule has 0 radical (unpaired) electrons. The summed E-state index contributed by atoms with van der Waals surface area (Å²) in [6.45, 7) is 6.68. The van der Waals surface area contributed by atoms with Gasteiger partial charge < -0.3 is 21.3 Å². The molecular formula is C26H41N3O2. The number of nitrogens with one attached hydrogen (secondary N) is 1. The van der Waals surface area contributed by atoms with Gasteiger partial charge in [-0.05, 0) is 69.6 Å². The van der Waals surface area contributed by atoms with Crippen molar-refractivity contribution in [2.75, 3.05) is 7.05 Å². The maximum atomic E-state index is 12.0. The molecule has 3 fully saturated rings. The predicted octanol–water partition coefficient (Wildman–Crippen LogP) is 3.50. The van der Waals surface area contributed by atoms with Crippen molar-refractivity contribution < 1.29 is 10.2 Å². The molecule has 0 amide bonds. The molecule has 0 aromatic carbocycles. The first-order chi connectivity index (χ1) is 14.7. The smallest absolute Gasteiger partial charge is 0.189 e. The van der Waals surface area contributed by atoms with Crippen LogP contribution in [0.1, 0.15) is 84.0 Å². The fraction of sp³-hybridized carbons (Fsp3) is 0.808. The van der Waals surface area contributed by atoms with Gasteiger partial charge >= 0.3 is 0 Å². The van der Waals surface area contributed by atoms with Crippen LogP contribution >= 0.6 is 0 Å². The van der Waals surface area contributed by atoms with Gasteiger partial charge in [0.05, 0.1) is 17.2 Å². The van der Waals surface area contributed by atoms with E-state index in [4.69, 9.17) is 12.3 Å². The third-order valence-corrected chi connectivity index (χ3v) is 9.19. The highest BCUT2D eigenvalue weighted by Gasteiger charge is 2.58. The van der Waals surface area contributed by atoms with Crippen molar-refractivity contribution in [2.24, 2.45) is 33.9 Å². The van der Waals surface area contributed by atoms with Gasteiger partial charge in [0, 0.05) is 25.3 Å². The molecule has 0 aliphatic heterocycles. The van der Waals surface area contributed by atoms with Crippen LogP contribution in [0, 0.1) is 35.0 Å². The lowest BCUT2D eigenvalue weighted by molar-refractivity contribution is -0.0678. The fourth-order valence-corrected chi connectivity index (χ4v) is 7.23. The van der Waals surface area contributed by atoms with Gasteiger partial charge in [0.1, 0.15) is 0 Å². The molecule has 4 aliphatic carbocycles. The second-order valence-electron chi connectivity index (χ2n) is 11.1. The third-order valence-electron chi connectivity index (χ3n) is 9.19. The second-order valence-corrected chi connectivity index (χ2v) is 11.1. The van der Waals surface area contributed by atoms with Gasteiger partial charge in [0.15, 0.2) is 5.96 Å². The number of aliphatic imine (C=N–C) groups is 1. The average molecular weight is 428 g/mol. The standard InChI is InChI=1S/C26H41N3O2/c1-18(19-8-5-4-6-9-19)25-12-7-10-20(29-23(27)28-3)16-26(31)13-11-21(22(26)17-25)24(2,30)14-15-25/h19-22,30-31H,1,4-6,8-9,11-17H2,2-3H3,(H3,27,28,29). The first-order valence-electron chi connectivity index (χ1n) is 12.3. The van der Waals surface area contributed by atoms with Crippen molar-refractivity contribution in [2.45, 2.75) is 101 Å². The number of hydrogen-bond acceptors (Lipinski definition) is 3. The highest BCUT2D eigenvalue weighted by Crippen LogP contribution is 2.60. The fourth-order valence-electron chi connectivity index (χ4n) is 7.23. The molecule has 0 heterocycles. The number of allylic oxidation sites excluding steroid dienone is 1. The zero-order valence-corrected chi connectivity index (χ0v) is 19.4. The maximum Gasteiger partial charge on any atom is 0.189 e. The number of nitrogens with two attached hydrogens (primary N) is 1. The molecule has 0 spiro atoms. The van der Waals surface area contributed by atoms with Crippen molar-refractivity contribution in [1.29, 1.82) is 0 Å². The maximum absolute atomic E-state index is 12.0. The van der Waals surface area contributed by atoms with Gasteiger partial charge in [-0.1, -0.05) is 37.3 Å². The van der Waals surface area contributed by atoms with Crippen LogP contribution < -0.4 is 11.1 Å². The van der Waals surface area contributed by atoms with Crippen LogP contribution in [0.5, 0.6) is 0 Å². The van der Waals surface area contributed by atoms with Crippen LogP contribution in [0.3, 0.4) is 0 Å². The van der Waals surface area contributed by atoms with Crippen LogP contribution in [0.25, 0.3) is 0 Å². The molecule has 0 saturated heterocycles. The van der Waals surface area contributed by atoms with E-state index in [-0.39, 0.29) is 23.3 Å². The lowest BCUT2D eigenvalue weighted by Crippen LogP contribution is -2.48. The molecule has 5 heteroatoms. The zero-order valence-electron chi connectivity index (χ0n) is 19.4. The summed E-state index contributed by atoms with van der Waals surface area (Å²) in [7, 11) is 1.66. The summed E-state index contributed by atoms with van der Waals surface area (Å²) in [6, 6.07) is -0.238. The van der Waals surface area contributed by atoms with Crippen LogP contribution in [-0.4, -0.2) is 40.5 Å². The van der Waals surface area contributed by atoms with E-state index < -0.39 is 11.2 Å². The first kappa shape index (κ1) is 22.7. The topological polar surface area (TPSA) is 90.9 Å². The molecule has 3 saturated carbocycles. The Morgan fingerprint density at radius 2 is 1.81 bits per heavy atom. The molecule has 4 aliphatic rings. The molecule has 172 valence electrons. The van der Waals surface area contributed by atoms with E-state index in [9.17, 15) is 10.2 Å². The summed E-state index contributed by atoms with van der Waals surface area (Å²) in [5.74, 6) is 7.91. The molecule has 6 atom stereocenters. The number of hydrogen-bond donors (Lipinski definition) is 4. The zero-order chi connectivity index (χ0) is 22.3. The molecule has 6 unspecified atom stereocenters. The van der Waals surface area contributed by atoms with Crippen molar-refractivity contribution >= 4 is 5.96 Å². The van der Waals surface area contributed by atoms with Gasteiger partial charge in [0.2, 0.25) is 0 Å². The Morgan fingerprint density at radius 1 is 1.06 bits per heavy atom. The summed E-state index contributed by atoms with van der Waals surface area (Å²) in [4.78, 5) is 4.03. The van der Waals surface area contributed by atoms with E-state index >= 15 is 0 Å². The Morgan fingerprint density at radius 3 is 2.52 bits per heavy atom. The molecule has 2 bridgehead atoms. The number of guanidine groups is 1. The Bertz CT molecular complexity index is 788. The number of rotatable bonds is 3. The highest BCUT2D eigenvalue weighted by molar-refractivity contribution is 5.78. The third kappa shape index (κ3) is 4.26. The Balaban J connectivity index is 1.74. The lowest BCUT2D eigenvalue weighted by Gasteiger charge is -2.43. The van der Waals surface area contributed by atoms with E-state index in [2.05, 4.69) is 22.2 Å². The number of nitrogens with zero attached hydrogens (tertiary/aromatic N) is 1. The van der Waals surface area contributed by atoms with Gasteiger partial charge in [-0.25, -0.2) is 0 Å². The normalized spacial score (nSPS) is 43.6. The molecule has 0 aromatic heterocycles. The van der Waals surface area contributed by atoms with Gasteiger partial charge in [-0.3, -0.25) is 4.99 Å². The SMILES string of the molecule is C=C(C1CCCCC1)C12CC#CC(NC(N)=NC)CC3(O)CCC(C3C1)C(C)(O)CC2. The number of aliphatic hydroxyl groups is 2. The van der Waals surface area contributed by atoms with E-state index in [1.54, 1.807) is 7.05 Å². The van der Waals surface area contributed by atoms with Crippen molar-refractivity contribution in [1.82, 2.24) is 5.32 Å². The van der Waals surface area contributed by atoms with Crippen molar-refractivity contribution in [3.8, 4) is 11.8 Å².